The van der Waals surface area contributed by atoms with Crippen molar-refractivity contribution in [3.8, 4) is 0 Å². The highest BCUT2D eigenvalue weighted by atomic mass is 19.1. The zero-order chi connectivity index (χ0) is 22.0. The van der Waals surface area contributed by atoms with Gasteiger partial charge in [-0.25, -0.2) is 4.39 Å². The molecule has 0 aromatic heterocycles. The third-order valence-corrected chi connectivity index (χ3v) is 5.46. The van der Waals surface area contributed by atoms with Crippen LogP contribution in [0.25, 0.3) is 5.76 Å². The third kappa shape index (κ3) is 4.14. The van der Waals surface area contributed by atoms with Crippen LogP contribution in [0.1, 0.15) is 34.7 Å². The van der Waals surface area contributed by atoms with Crippen molar-refractivity contribution in [3.05, 3.63) is 76.1 Å². The number of halogens is 1. The molecule has 0 aliphatic carbocycles. The van der Waals surface area contributed by atoms with E-state index in [1.807, 2.05) is 50.2 Å². The lowest BCUT2D eigenvalue weighted by Crippen LogP contribution is -2.32. The molecule has 1 heterocycles. The molecule has 2 aromatic rings. The number of aliphatic hydroxyl groups excluding tert-OH is 1. The van der Waals surface area contributed by atoms with Gasteiger partial charge in [0, 0.05) is 12.1 Å². The number of nitrogens with zero attached hydrogens (tertiary/aromatic N) is 2. The minimum atomic E-state index is -0.715. The highest BCUT2D eigenvalue weighted by Crippen LogP contribution is 2.40. The molecule has 0 radical (unpaired) electrons. The molecule has 1 unspecified atom stereocenters. The van der Waals surface area contributed by atoms with E-state index in [0.29, 0.717) is 24.1 Å². The average Bonchev–Trinajstić information content (AvgIpc) is 2.94. The van der Waals surface area contributed by atoms with E-state index in [2.05, 4.69) is 0 Å². The van der Waals surface area contributed by atoms with Crippen molar-refractivity contribution in [2.75, 3.05) is 27.2 Å². The molecule has 1 atom stereocenters. The predicted molar refractivity (Wildman–Crippen MR) is 114 cm³/mol. The summed E-state index contributed by atoms with van der Waals surface area (Å²) in [4.78, 5) is 29.4. The first-order chi connectivity index (χ1) is 14.2. The molecule has 1 saturated heterocycles. The molecule has 30 heavy (non-hydrogen) atoms. The Kier molecular flexibility index (Phi) is 6.37. The molecule has 3 rings (SSSR count). The van der Waals surface area contributed by atoms with Gasteiger partial charge in [-0.1, -0.05) is 24.3 Å². The number of aliphatic hydroxyl groups is 1. The number of ketones is 1. The molecule has 0 bridgehead atoms. The molecule has 1 N–H and O–H groups in total. The minimum absolute atomic E-state index is 0.0464. The Labute approximate surface area is 176 Å². The van der Waals surface area contributed by atoms with Crippen LogP contribution >= 0.6 is 0 Å². The summed E-state index contributed by atoms with van der Waals surface area (Å²) < 4.78 is 13.7. The average molecular weight is 410 g/mol. The molecule has 6 heteroatoms. The van der Waals surface area contributed by atoms with Gasteiger partial charge in [-0.3, -0.25) is 9.59 Å². The van der Waals surface area contributed by atoms with Crippen molar-refractivity contribution in [1.82, 2.24) is 9.80 Å². The fourth-order valence-corrected chi connectivity index (χ4v) is 3.83. The first kappa shape index (κ1) is 21.7. The number of amides is 1. The summed E-state index contributed by atoms with van der Waals surface area (Å²) in [5.74, 6) is -2.01. The second-order valence-corrected chi connectivity index (χ2v) is 7.97. The lowest BCUT2D eigenvalue weighted by atomic mass is 9.92. The molecule has 1 fully saturated rings. The van der Waals surface area contributed by atoms with E-state index in [1.54, 1.807) is 6.92 Å². The Hall–Kier alpha value is -2.99. The molecule has 0 saturated carbocycles. The van der Waals surface area contributed by atoms with Crippen LogP contribution in [-0.2, 0) is 9.59 Å². The number of rotatable bonds is 6. The van der Waals surface area contributed by atoms with Gasteiger partial charge in [0.25, 0.3) is 11.7 Å². The number of Topliss-reactive ketones (excluding diaryl/α,β-unsaturated/α-hetero) is 1. The van der Waals surface area contributed by atoms with Crippen molar-refractivity contribution in [2.24, 2.45) is 0 Å². The zero-order valence-corrected chi connectivity index (χ0v) is 17.8. The quantitative estimate of drug-likeness (QED) is 0.447. The molecular formula is C24H27FN2O3. The van der Waals surface area contributed by atoms with Crippen molar-refractivity contribution in [1.29, 1.82) is 0 Å². The first-order valence-electron chi connectivity index (χ1n) is 9.97. The van der Waals surface area contributed by atoms with E-state index in [9.17, 15) is 19.1 Å². The number of aryl methyl sites for hydroxylation is 2. The van der Waals surface area contributed by atoms with Gasteiger partial charge < -0.3 is 14.9 Å². The monoisotopic (exact) mass is 410 g/mol. The zero-order valence-electron chi connectivity index (χ0n) is 17.8. The number of likely N-dealkylation sites (tertiary alicyclic amines) is 1. The van der Waals surface area contributed by atoms with Crippen LogP contribution in [0.15, 0.2) is 48.0 Å². The summed E-state index contributed by atoms with van der Waals surface area (Å²) in [6.45, 7) is 4.66. The second-order valence-electron chi connectivity index (χ2n) is 7.97. The summed E-state index contributed by atoms with van der Waals surface area (Å²) in [7, 11) is 3.90. The van der Waals surface area contributed by atoms with Crippen LogP contribution in [0.4, 0.5) is 4.39 Å². The summed E-state index contributed by atoms with van der Waals surface area (Å²) in [6.07, 6.45) is 0.693. The predicted octanol–water partition coefficient (Wildman–Crippen LogP) is 3.82. The van der Waals surface area contributed by atoms with Crippen molar-refractivity contribution in [3.63, 3.8) is 0 Å². The standard InChI is InChI=1S/C24H27FN2O3/c1-15-8-5-6-9-18(15)21-20(22(28)17-10-11-19(25)16(2)14-17)23(29)24(30)27(21)13-7-12-26(3)4/h5-6,8-11,14,21,28H,7,12-13H2,1-4H3/b22-20+. The van der Waals surface area contributed by atoms with Crippen LogP contribution in [0.2, 0.25) is 0 Å². The molecule has 1 aliphatic rings. The number of benzene rings is 2. The Morgan fingerprint density at radius 2 is 1.80 bits per heavy atom. The maximum Gasteiger partial charge on any atom is 0.295 e. The van der Waals surface area contributed by atoms with Crippen LogP contribution in [0.3, 0.4) is 0 Å². The summed E-state index contributed by atoms with van der Waals surface area (Å²) in [6, 6.07) is 11.0. The molecule has 1 aliphatic heterocycles. The fourth-order valence-electron chi connectivity index (χ4n) is 3.83. The van der Waals surface area contributed by atoms with Gasteiger partial charge >= 0.3 is 0 Å². The first-order valence-corrected chi connectivity index (χ1v) is 9.97. The number of hydrogen-bond acceptors (Lipinski definition) is 4. The number of carbonyl (C=O) groups excluding carboxylic acids is 2. The van der Waals surface area contributed by atoms with Gasteiger partial charge in [-0.15, -0.1) is 0 Å². The highest BCUT2D eigenvalue weighted by molar-refractivity contribution is 6.46. The normalized spacial score (nSPS) is 18.5. The molecule has 1 amide bonds. The van der Waals surface area contributed by atoms with Gasteiger partial charge in [0.05, 0.1) is 11.6 Å². The fraction of sp³-hybridized carbons (Fsp3) is 0.333. The lowest BCUT2D eigenvalue weighted by molar-refractivity contribution is -0.139. The van der Waals surface area contributed by atoms with E-state index >= 15 is 0 Å². The molecule has 2 aromatic carbocycles. The van der Waals surface area contributed by atoms with Crippen molar-refractivity contribution < 1.29 is 19.1 Å². The van der Waals surface area contributed by atoms with Gasteiger partial charge in [0.2, 0.25) is 0 Å². The van der Waals surface area contributed by atoms with E-state index < -0.39 is 23.5 Å². The number of carbonyl (C=O) groups is 2. The highest BCUT2D eigenvalue weighted by Gasteiger charge is 2.46. The Balaban J connectivity index is 2.13. The summed E-state index contributed by atoms with van der Waals surface area (Å²) in [5, 5.41) is 11.0. The van der Waals surface area contributed by atoms with Gasteiger partial charge in [-0.2, -0.15) is 0 Å². The lowest BCUT2D eigenvalue weighted by Gasteiger charge is -2.27. The van der Waals surface area contributed by atoms with Crippen LogP contribution in [0, 0.1) is 19.7 Å². The van der Waals surface area contributed by atoms with Gasteiger partial charge in [0.1, 0.15) is 11.6 Å². The van der Waals surface area contributed by atoms with E-state index in [0.717, 1.165) is 17.7 Å². The van der Waals surface area contributed by atoms with Gasteiger partial charge in [-0.05, 0) is 75.8 Å². The van der Waals surface area contributed by atoms with Crippen LogP contribution < -0.4 is 0 Å². The van der Waals surface area contributed by atoms with E-state index in [4.69, 9.17) is 0 Å². The SMILES string of the molecule is Cc1cc(/C(O)=C2\C(=O)C(=O)N(CCCN(C)C)C2c2ccccc2C)ccc1F. The Morgan fingerprint density at radius 1 is 1.10 bits per heavy atom. The summed E-state index contributed by atoms with van der Waals surface area (Å²) >= 11 is 0. The topological polar surface area (TPSA) is 60.9 Å². The Bertz CT molecular complexity index is 1010. The molecule has 5 nitrogen and oxygen atoms in total. The maximum atomic E-state index is 13.7. The summed E-state index contributed by atoms with van der Waals surface area (Å²) in [5.41, 5.74) is 2.43. The largest absolute Gasteiger partial charge is 0.507 e. The molecule has 0 spiro atoms. The second kappa shape index (κ2) is 8.79. The molecule has 158 valence electrons. The maximum absolute atomic E-state index is 13.7. The molecular weight excluding hydrogens is 383 g/mol. The third-order valence-electron chi connectivity index (χ3n) is 5.46. The minimum Gasteiger partial charge on any atom is -0.507 e. The van der Waals surface area contributed by atoms with E-state index in [1.165, 1.54) is 23.1 Å². The van der Waals surface area contributed by atoms with Crippen LogP contribution in [0.5, 0.6) is 0 Å². The Morgan fingerprint density at radius 3 is 2.43 bits per heavy atom. The van der Waals surface area contributed by atoms with Crippen molar-refractivity contribution in [2.45, 2.75) is 26.3 Å². The van der Waals surface area contributed by atoms with Crippen LogP contribution in [-0.4, -0.2) is 53.8 Å². The number of hydrogen-bond donors (Lipinski definition) is 1. The van der Waals surface area contributed by atoms with Gasteiger partial charge in [0.15, 0.2) is 0 Å². The van der Waals surface area contributed by atoms with Crippen molar-refractivity contribution >= 4 is 17.4 Å². The smallest absolute Gasteiger partial charge is 0.295 e. The van der Waals surface area contributed by atoms with E-state index in [-0.39, 0.29) is 11.3 Å².